The van der Waals surface area contributed by atoms with Gasteiger partial charge < -0.3 is 26.4 Å². The van der Waals surface area contributed by atoms with Gasteiger partial charge in [0.25, 0.3) is 0 Å². The molecular weight excluding hydrogens is 477 g/mol. The van der Waals surface area contributed by atoms with Crippen molar-refractivity contribution in [2.45, 2.75) is 81.6 Å². The fourth-order valence-corrected chi connectivity index (χ4v) is 6.20. The second-order valence-electron chi connectivity index (χ2n) is 10.6. The van der Waals surface area contributed by atoms with E-state index < -0.39 is 18.1 Å². The number of β-amino-alcohol motifs (C(OH)–C–C–N with tert-alkyl or cyclic N) is 1. The van der Waals surface area contributed by atoms with Gasteiger partial charge in [-0.2, -0.15) is 13.2 Å². The summed E-state index contributed by atoms with van der Waals surface area (Å²) in [5.41, 5.74) is 6.72. The summed E-state index contributed by atoms with van der Waals surface area (Å²) in [6.07, 6.45) is 1.23. The van der Waals surface area contributed by atoms with Crippen molar-refractivity contribution in [3.63, 3.8) is 0 Å². The molecule has 3 heterocycles. The lowest BCUT2D eigenvalue weighted by atomic mass is 9.84. The minimum absolute atomic E-state index is 0.00569. The van der Waals surface area contributed by atoms with Crippen molar-refractivity contribution < 1.29 is 23.1 Å². The lowest BCUT2D eigenvalue weighted by Gasteiger charge is -2.36. The number of piperidine rings is 1. The third-order valence-electron chi connectivity index (χ3n) is 8.14. The number of hydrogen-bond acceptors (Lipinski definition) is 9. The minimum atomic E-state index is -4.30. The number of nitrogens with one attached hydrogen (secondary N) is 7. The maximum absolute atomic E-state index is 13.3. The summed E-state index contributed by atoms with van der Waals surface area (Å²) in [4.78, 5) is 15.1. The summed E-state index contributed by atoms with van der Waals surface area (Å²) in [7, 11) is 0. The van der Waals surface area contributed by atoms with Gasteiger partial charge in [0, 0.05) is 50.2 Å². The summed E-state index contributed by atoms with van der Waals surface area (Å²) in [5.74, 6) is -0.944. The number of amides is 1. The van der Waals surface area contributed by atoms with Crippen molar-refractivity contribution in [1.82, 2.24) is 42.3 Å². The van der Waals surface area contributed by atoms with Crippen molar-refractivity contribution in [3.05, 3.63) is 0 Å². The number of hydrogen-bond donors (Lipinski definition) is 8. The number of aliphatic hydroxyl groups excluding tert-OH is 1. The van der Waals surface area contributed by atoms with Crippen LogP contribution in [0, 0.1) is 11.8 Å². The molecule has 13 heteroatoms. The molecule has 0 aromatic carbocycles. The molecule has 4 fully saturated rings. The number of halogens is 3. The quantitative estimate of drug-likeness (QED) is 0.196. The molecule has 4 rings (SSSR count). The molecule has 7 atom stereocenters. The molecule has 1 saturated carbocycles. The maximum Gasteiger partial charge on any atom is 0.404 e. The Morgan fingerprint density at radius 1 is 1.03 bits per heavy atom. The molecule has 4 aliphatic rings. The van der Waals surface area contributed by atoms with Crippen LogP contribution in [-0.4, -0.2) is 98.5 Å². The summed E-state index contributed by atoms with van der Waals surface area (Å²) < 4.78 is 40.0. The van der Waals surface area contributed by atoms with Gasteiger partial charge >= 0.3 is 6.18 Å². The highest BCUT2D eigenvalue weighted by molar-refractivity contribution is 5.78. The first kappa shape index (κ1) is 28.0. The Labute approximate surface area is 211 Å². The van der Waals surface area contributed by atoms with Crippen LogP contribution >= 0.6 is 0 Å². The average Bonchev–Trinajstić information content (AvgIpc) is 3.29. The van der Waals surface area contributed by atoms with E-state index in [1.54, 1.807) is 0 Å². The Bertz CT molecular complexity index is 697. The molecule has 0 radical (unpaired) electrons. The Hall–Kier alpha value is -1.06. The largest absolute Gasteiger partial charge is 0.404 e. The topological polar surface area (TPSA) is 125 Å². The molecule has 0 aromatic rings. The molecule has 3 saturated heterocycles. The predicted molar refractivity (Wildman–Crippen MR) is 129 cm³/mol. The number of nitrogens with zero attached hydrogens (tertiary/aromatic N) is 1. The van der Waals surface area contributed by atoms with E-state index in [4.69, 9.17) is 0 Å². The lowest BCUT2D eigenvalue weighted by Crippen LogP contribution is -2.59. The summed E-state index contributed by atoms with van der Waals surface area (Å²) >= 11 is 0. The monoisotopic (exact) mass is 520 g/mol. The molecule has 3 aliphatic heterocycles. The molecule has 208 valence electrons. The van der Waals surface area contributed by atoms with E-state index in [1.807, 2.05) is 0 Å². The van der Waals surface area contributed by atoms with Crippen molar-refractivity contribution in [2.24, 2.45) is 11.8 Å². The van der Waals surface area contributed by atoms with E-state index in [1.165, 1.54) is 0 Å². The Morgan fingerprint density at radius 2 is 1.89 bits per heavy atom. The van der Waals surface area contributed by atoms with Crippen LogP contribution in [0.15, 0.2) is 0 Å². The van der Waals surface area contributed by atoms with Crippen LogP contribution in [0.2, 0.25) is 0 Å². The summed E-state index contributed by atoms with van der Waals surface area (Å²) in [6.45, 7) is 3.41. The minimum Gasteiger partial charge on any atom is -0.395 e. The van der Waals surface area contributed by atoms with Gasteiger partial charge in [-0.1, -0.05) is 6.42 Å². The van der Waals surface area contributed by atoms with E-state index in [2.05, 4.69) is 42.3 Å². The summed E-state index contributed by atoms with van der Waals surface area (Å²) in [5, 5.41) is 25.4. The van der Waals surface area contributed by atoms with Gasteiger partial charge in [0.15, 0.2) is 0 Å². The molecule has 8 N–H and O–H groups in total. The van der Waals surface area contributed by atoms with Crippen molar-refractivity contribution in [1.29, 1.82) is 0 Å². The first-order valence-corrected chi connectivity index (χ1v) is 13.5. The first-order chi connectivity index (χ1) is 17.4. The summed E-state index contributed by atoms with van der Waals surface area (Å²) in [6, 6.07) is -1.11. The molecule has 1 amide bonds. The molecule has 0 spiro atoms. The van der Waals surface area contributed by atoms with Gasteiger partial charge in [-0.25, -0.2) is 10.9 Å². The number of aliphatic hydroxyl groups is 1. The highest BCUT2D eigenvalue weighted by atomic mass is 19.4. The highest BCUT2D eigenvalue weighted by Gasteiger charge is 2.45. The SMILES string of the molecule is O=C(NCC1CCCNC1C(F)(F)F)C1CCCC(NCC2NNC(C3CCNCN3)N2CCO)C1. The van der Waals surface area contributed by atoms with Crippen LogP contribution in [0.5, 0.6) is 0 Å². The van der Waals surface area contributed by atoms with Gasteiger partial charge in [-0.15, -0.1) is 0 Å². The third-order valence-corrected chi connectivity index (χ3v) is 8.14. The normalized spacial score (nSPS) is 36.6. The van der Waals surface area contributed by atoms with Crippen LogP contribution in [-0.2, 0) is 4.79 Å². The van der Waals surface area contributed by atoms with E-state index in [-0.39, 0.29) is 49.4 Å². The fraction of sp³-hybridized carbons (Fsp3) is 0.957. The van der Waals surface area contributed by atoms with Crippen molar-refractivity contribution >= 4 is 5.91 Å². The maximum atomic E-state index is 13.3. The van der Waals surface area contributed by atoms with Crippen LogP contribution in [0.1, 0.15) is 44.9 Å². The molecule has 0 aromatic heterocycles. The second kappa shape index (κ2) is 13.1. The molecule has 1 aliphatic carbocycles. The lowest BCUT2D eigenvalue weighted by molar-refractivity contribution is -0.172. The number of hydrazine groups is 1. The van der Waals surface area contributed by atoms with Gasteiger partial charge in [0.1, 0.15) is 6.04 Å². The van der Waals surface area contributed by atoms with Gasteiger partial charge in [-0.05, 0) is 51.6 Å². The molecule has 36 heavy (non-hydrogen) atoms. The number of rotatable bonds is 9. The van der Waals surface area contributed by atoms with Crippen LogP contribution in [0.3, 0.4) is 0 Å². The average molecular weight is 521 g/mol. The Kier molecular flexibility index (Phi) is 10.2. The van der Waals surface area contributed by atoms with E-state index in [0.717, 1.165) is 38.9 Å². The number of carbonyl (C=O) groups excluding carboxylic acids is 1. The third kappa shape index (κ3) is 7.28. The van der Waals surface area contributed by atoms with Crippen LogP contribution in [0.4, 0.5) is 13.2 Å². The van der Waals surface area contributed by atoms with E-state index >= 15 is 0 Å². The second-order valence-corrected chi connectivity index (χ2v) is 10.6. The highest BCUT2D eigenvalue weighted by Crippen LogP contribution is 2.31. The predicted octanol–water partition coefficient (Wildman–Crippen LogP) is -0.855. The number of carbonyl (C=O) groups is 1. The van der Waals surface area contributed by atoms with Gasteiger partial charge in [-0.3, -0.25) is 15.0 Å². The van der Waals surface area contributed by atoms with Crippen LogP contribution < -0.4 is 37.4 Å². The van der Waals surface area contributed by atoms with E-state index in [0.29, 0.717) is 38.9 Å². The van der Waals surface area contributed by atoms with Crippen molar-refractivity contribution in [3.8, 4) is 0 Å². The standard InChI is InChI=1S/C23H43F3N8O2/c24-23(25,26)20-16(4-2-7-28-20)12-30-22(36)15-3-1-5-17(11-15)29-13-19-32-33-21(34(19)9-10-35)18-6-8-27-14-31-18/h15-21,27-29,31-33,35H,1-14H2,(H,30,36). The molecule has 10 nitrogen and oxygen atoms in total. The Morgan fingerprint density at radius 3 is 2.64 bits per heavy atom. The number of alkyl halides is 3. The Balaban J connectivity index is 1.23. The first-order valence-electron chi connectivity index (χ1n) is 13.5. The smallest absolute Gasteiger partial charge is 0.395 e. The molecule has 0 bridgehead atoms. The zero-order valence-corrected chi connectivity index (χ0v) is 20.9. The zero-order valence-electron chi connectivity index (χ0n) is 20.9. The molecular formula is C23H43F3N8O2. The van der Waals surface area contributed by atoms with E-state index in [9.17, 15) is 23.1 Å². The fourth-order valence-electron chi connectivity index (χ4n) is 6.20. The van der Waals surface area contributed by atoms with Crippen LogP contribution in [0.25, 0.3) is 0 Å². The van der Waals surface area contributed by atoms with Gasteiger partial charge in [0.05, 0.1) is 18.9 Å². The van der Waals surface area contributed by atoms with Crippen molar-refractivity contribution in [2.75, 3.05) is 46.0 Å². The van der Waals surface area contributed by atoms with Gasteiger partial charge in [0.2, 0.25) is 5.91 Å². The molecule has 7 unspecified atom stereocenters. The zero-order chi connectivity index (χ0) is 25.5.